The van der Waals surface area contributed by atoms with E-state index in [2.05, 4.69) is 20.8 Å². The van der Waals surface area contributed by atoms with Gasteiger partial charge in [-0.25, -0.2) is 0 Å². The second-order valence-electron chi connectivity index (χ2n) is 9.09. The van der Waals surface area contributed by atoms with Crippen molar-refractivity contribution in [1.82, 2.24) is 9.13 Å². The van der Waals surface area contributed by atoms with Gasteiger partial charge in [0.2, 0.25) is 0 Å². The smallest absolute Gasteiger partial charge is 0.258 e. The lowest BCUT2D eigenvalue weighted by atomic mass is 9.81. The molecule has 2 rings (SSSR count). The maximum absolute atomic E-state index is 13.1. The Labute approximate surface area is 178 Å². The average Bonchev–Trinajstić information content (AvgIpc) is 2.64. The van der Waals surface area contributed by atoms with E-state index in [-0.39, 0.29) is 34.1 Å². The lowest BCUT2D eigenvalue weighted by Gasteiger charge is -2.26. The van der Waals surface area contributed by atoms with E-state index in [4.69, 9.17) is 0 Å². The fourth-order valence-corrected chi connectivity index (χ4v) is 4.18. The van der Waals surface area contributed by atoms with Crippen LogP contribution in [0.5, 0.6) is 11.5 Å². The summed E-state index contributed by atoms with van der Waals surface area (Å²) in [6.07, 6.45) is 3.81. The molecule has 0 aliphatic rings. The van der Waals surface area contributed by atoms with Crippen LogP contribution in [0, 0.1) is 25.7 Å². The zero-order valence-electron chi connectivity index (χ0n) is 19.3. The normalized spacial score (nSPS) is 13.6. The zero-order valence-corrected chi connectivity index (χ0v) is 19.3. The van der Waals surface area contributed by atoms with Crippen LogP contribution in [-0.2, 0) is 14.1 Å². The van der Waals surface area contributed by atoms with Crippen molar-refractivity contribution in [2.75, 3.05) is 0 Å². The molecule has 0 aliphatic carbocycles. The molecule has 166 valence electrons. The van der Waals surface area contributed by atoms with Gasteiger partial charge in [-0.2, -0.15) is 0 Å². The highest BCUT2D eigenvalue weighted by atomic mass is 16.3. The van der Waals surface area contributed by atoms with Gasteiger partial charge in [0.1, 0.15) is 11.5 Å². The molecule has 2 aromatic heterocycles. The quantitative estimate of drug-likeness (QED) is 0.679. The van der Waals surface area contributed by atoms with Gasteiger partial charge in [-0.15, -0.1) is 0 Å². The van der Waals surface area contributed by atoms with E-state index in [1.807, 2.05) is 0 Å². The minimum atomic E-state index is -0.509. The lowest BCUT2D eigenvalue weighted by Crippen LogP contribution is -2.28. The number of pyridine rings is 2. The number of nitrogens with zero attached hydrogens (tertiary/aromatic N) is 2. The summed E-state index contributed by atoms with van der Waals surface area (Å²) in [5, 5.41) is 21.4. The van der Waals surface area contributed by atoms with Crippen molar-refractivity contribution < 1.29 is 10.2 Å². The van der Waals surface area contributed by atoms with Gasteiger partial charge in [0.15, 0.2) is 0 Å². The maximum Gasteiger partial charge on any atom is 0.258 e. The fourth-order valence-electron chi connectivity index (χ4n) is 4.18. The Morgan fingerprint density at radius 1 is 0.900 bits per heavy atom. The molecule has 30 heavy (non-hydrogen) atoms. The third kappa shape index (κ3) is 4.97. The Morgan fingerprint density at radius 2 is 1.50 bits per heavy atom. The van der Waals surface area contributed by atoms with Crippen LogP contribution in [0.4, 0.5) is 0 Å². The minimum absolute atomic E-state index is 0.0670. The fraction of sp³-hybridized carbons (Fsp3) is 0.583. The first-order valence-electron chi connectivity index (χ1n) is 10.7. The van der Waals surface area contributed by atoms with Gasteiger partial charge < -0.3 is 19.3 Å². The Morgan fingerprint density at radius 3 is 2.10 bits per heavy atom. The third-order valence-corrected chi connectivity index (χ3v) is 6.26. The molecule has 0 spiro atoms. The highest BCUT2D eigenvalue weighted by Gasteiger charge is 2.29. The van der Waals surface area contributed by atoms with Crippen molar-refractivity contribution in [3.05, 3.63) is 55.4 Å². The summed E-state index contributed by atoms with van der Waals surface area (Å²) in [6, 6.07) is 2.77. The Bertz CT molecular complexity index is 1020. The summed E-state index contributed by atoms with van der Waals surface area (Å²) in [7, 11) is 3.33. The average molecular weight is 417 g/mol. The molecular weight excluding hydrogens is 380 g/mol. The first-order valence-corrected chi connectivity index (χ1v) is 10.7. The topological polar surface area (TPSA) is 84.5 Å². The van der Waals surface area contributed by atoms with Crippen LogP contribution in [-0.4, -0.2) is 19.3 Å². The molecule has 0 radical (unpaired) electrons. The predicted molar refractivity (Wildman–Crippen MR) is 120 cm³/mol. The first kappa shape index (κ1) is 23.8. The van der Waals surface area contributed by atoms with Gasteiger partial charge in [-0.3, -0.25) is 9.59 Å². The summed E-state index contributed by atoms with van der Waals surface area (Å²) in [4.78, 5) is 25.3. The number of hydrogen-bond acceptors (Lipinski definition) is 4. The molecular formula is C24H36N2O4. The number of rotatable bonds is 8. The Kier molecular flexibility index (Phi) is 7.56. The molecule has 6 heteroatoms. The van der Waals surface area contributed by atoms with E-state index in [1.165, 1.54) is 15.2 Å². The summed E-state index contributed by atoms with van der Waals surface area (Å²) in [5.41, 5.74) is 1.48. The molecule has 0 amide bonds. The maximum atomic E-state index is 13.1. The summed E-state index contributed by atoms with van der Waals surface area (Å²) >= 11 is 0. The van der Waals surface area contributed by atoms with Gasteiger partial charge >= 0.3 is 0 Å². The number of aryl methyl sites for hydroxylation is 1. The second kappa shape index (κ2) is 9.54. The van der Waals surface area contributed by atoms with Crippen molar-refractivity contribution in [2.45, 2.75) is 66.2 Å². The van der Waals surface area contributed by atoms with Crippen molar-refractivity contribution in [3.63, 3.8) is 0 Å². The molecule has 2 unspecified atom stereocenters. The largest absolute Gasteiger partial charge is 0.507 e. The Balaban J connectivity index is 2.62. The molecule has 2 aromatic rings. The van der Waals surface area contributed by atoms with E-state index < -0.39 is 5.92 Å². The molecule has 0 aliphatic heterocycles. The van der Waals surface area contributed by atoms with E-state index in [0.717, 1.165) is 19.3 Å². The van der Waals surface area contributed by atoms with E-state index in [0.29, 0.717) is 29.3 Å². The second-order valence-corrected chi connectivity index (χ2v) is 9.09. The minimum Gasteiger partial charge on any atom is -0.507 e. The van der Waals surface area contributed by atoms with Crippen LogP contribution in [0.15, 0.2) is 21.7 Å². The SMILES string of the molecule is Cc1c(C(CC(C)CCCC(C)C)c2c(O)cc(C)n(C)c2=O)c(O)cc(=O)n1C. The van der Waals surface area contributed by atoms with Gasteiger partial charge in [0.05, 0.1) is 5.56 Å². The molecule has 2 N–H and O–H groups in total. The molecule has 2 atom stereocenters. The van der Waals surface area contributed by atoms with Crippen LogP contribution in [0.3, 0.4) is 0 Å². The van der Waals surface area contributed by atoms with E-state index >= 15 is 0 Å². The van der Waals surface area contributed by atoms with Crippen LogP contribution < -0.4 is 11.1 Å². The van der Waals surface area contributed by atoms with Gasteiger partial charge in [0.25, 0.3) is 11.1 Å². The van der Waals surface area contributed by atoms with Gasteiger partial charge in [-0.1, -0.05) is 40.0 Å². The lowest BCUT2D eigenvalue weighted by molar-refractivity contribution is 0.397. The molecule has 0 saturated carbocycles. The summed E-state index contributed by atoms with van der Waals surface area (Å²) in [5.74, 6) is 0.205. The predicted octanol–water partition coefficient (Wildman–Crippen LogP) is 4.10. The summed E-state index contributed by atoms with van der Waals surface area (Å²) < 4.78 is 2.99. The van der Waals surface area contributed by atoms with Crippen LogP contribution in [0.25, 0.3) is 0 Å². The molecule has 0 saturated heterocycles. The highest BCUT2D eigenvalue weighted by molar-refractivity contribution is 5.47. The molecule has 0 fully saturated rings. The molecule has 0 bridgehead atoms. The highest BCUT2D eigenvalue weighted by Crippen LogP contribution is 2.40. The molecule has 6 nitrogen and oxygen atoms in total. The number of aromatic nitrogens is 2. The monoisotopic (exact) mass is 416 g/mol. The molecule has 0 aromatic carbocycles. The number of hydrogen-bond donors (Lipinski definition) is 2. The Hall–Kier alpha value is -2.50. The number of aromatic hydroxyl groups is 2. The summed E-state index contributed by atoms with van der Waals surface area (Å²) in [6.45, 7) is 10.1. The van der Waals surface area contributed by atoms with Crippen molar-refractivity contribution in [3.8, 4) is 11.5 Å². The van der Waals surface area contributed by atoms with Crippen LogP contribution >= 0.6 is 0 Å². The standard InChI is InChI=1S/C24H36N2O4/c1-14(2)9-8-10-15(3)11-18(22-17(5)26(7)21(29)13-20(22)28)23-19(27)12-16(4)25(6)24(23)30/h12-15,18,27-28H,8-11H2,1-7H3. The van der Waals surface area contributed by atoms with Crippen molar-refractivity contribution in [2.24, 2.45) is 25.9 Å². The van der Waals surface area contributed by atoms with Crippen LogP contribution in [0.1, 0.15) is 74.9 Å². The third-order valence-electron chi connectivity index (χ3n) is 6.26. The van der Waals surface area contributed by atoms with Crippen molar-refractivity contribution >= 4 is 0 Å². The molecule has 2 heterocycles. The van der Waals surface area contributed by atoms with E-state index in [1.54, 1.807) is 34.0 Å². The van der Waals surface area contributed by atoms with Gasteiger partial charge in [-0.05, 0) is 38.2 Å². The first-order chi connectivity index (χ1) is 14.0. The van der Waals surface area contributed by atoms with Gasteiger partial charge in [0, 0.05) is 43.0 Å². The van der Waals surface area contributed by atoms with Crippen LogP contribution in [0.2, 0.25) is 0 Å². The van der Waals surface area contributed by atoms with Crippen molar-refractivity contribution in [1.29, 1.82) is 0 Å². The van der Waals surface area contributed by atoms with E-state index in [9.17, 15) is 19.8 Å². The zero-order chi connectivity index (χ0) is 22.7.